The Morgan fingerprint density at radius 3 is 2.50 bits per heavy atom. The summed E-state index contributed by atoms with van der Waals surface area (Å²) in [6.07, 6.45) is 2.59. The smallest absolute Gasteiger partial charge is 0.225 e. The second-order valence-corrected chi connectivity index (χ2v) is 4.77. The maximum atomic E-state index is 11.8. The Hall–Kier alpha value is -0.570. The highest BCUT2D eigenvalue weighted by atomic mass is 16.2. The first-order chi connectivity index (χ1) is 7.68. The molecule has 0 aromatic rings. The molecule has 0 aromatic heterocycles. The SMILES string of the molecule is CC.CC(C)C(=O)N1CCN2CCCC2C1. The molecule has 2 aliphatic heterocycles. The zero-order valence-electron chi connectivity index (χ0n) is 11.2. The average molecular weight is 226 g/mol. The minimum atomic E-state index is 0.156. The van der Waals surface area contributed by atoms with Gasteiger partial charge in [0.15, 0.2) is 0 Å². The van der Waals surface area contributed by atoms with Crippen molar-refractivity contribution in [1.29, 1.82) is 0 Å². The zero-order chi connectivity index (χ0) is 12.1. The molecular weight excluding hydrogens is 200 g/mol. The van der Waals surface area contributed by atoms with E-state index in [1.807, 2.05) is 27.7 Å². The molecule has 3 nitrogen and oxygen atoms in total. The van der Waals surface area contributed by atoms with E-state index in [0.29, 0.717) is 11.9 Å². The normalized spacial score (nSPS) is 25.1. The maximum Gasteiger partial charge on any atom is 0.225 e. The Morgan fingerprint density at radius 1 is 1.19 bits per heavy atom. The van der Waals surface area contributed by atoms with E-state index in [2.05, 4.69) is 9.80 Å². The molecule has 1 amide bonds. The van der Waals surface area contributed by atoms with E-state index in [1.54, 1.807) is 0 Å². The van der Waals surface area contributed by atoms with Gasteiger partial charge >= 0.3 is 0 Å². The average Bonchev–Trinajstić information content (AvgIpc) is 2.77. The van der Waals surface area contributed by atoms with Crippen molar-refractivity contribution in [3.63, 3.8) is 0 Å². The van der Waals surface area contributed by atoms with E-state index < -0.39 is 0 Å². The summed E-state index contributed by atoms with van der Waals surface area (Å²) in [5.41, 5.74) is 0. The predicted molar refractivity (Wildman–Crippen MR) is 67.4 cm³/mol. The Balaban J connectivity index is 0.000000606. The third kappa shape index (κ3) is 2.97. The number of piperazine rings is 1. The molecule has 94 valence electrons. The van der Waals surface area contributed by atoms with Crippen LogP contribution in [0, 0.1) is 5.92 Å². The van der Waals surface area contributed by atoms with Crippen molar-refractivity contribution >= 4 is 5.91 Å². The molecule has 0 saturated carbocycles. The van der Waals surface area contributed by atoms with Gasteiger partial charge in [0.05, 0.1) is 0 Å². The molecule has 0 aromatic carbocycles. The third-order valence-corrected chi connectivity index (χ3v) is 3.39. The van der Waals surface area contributed by atoms with Crippen LogP contribution in [0.4, 0.5) is 0 Å². The van der Waals surface area contributed by atoms with Gasteiger partial charge in [-0.15, -0.1) is 0 Å². The molecule has 0 radical (unpaired) electrons. The summed E-state index contributed by atoms with van der Waals surface area (Å²) in [6.45, 7) is 12.2. The number of amides is 1. The topological polar surface area (TPSA) is 23.6 Å². The number of carbonyl (C=O) groups excluding carboxylic acids is 1. The highest BCUT2D eigenvalue weighted by Crippen LogP contribution is 2.22. The molecule has 0 aliphatic carbocycles. The van der Waals surface area contributed by atoms with Crippen molar-refractivity contribution in [3.8, 4) is 0 Å². The molecular formula is C13H26N2O. The van der Waals surface area contributed by atoms with Crippen molar-refractivity contribution in [3.05, 3.63) is 0 Å². The fourth-order valence-corrected chi connectivity index (χ4v) is 2.56. The van der Waals surface area contributed by atoms with Gasteiger partial charge in [0.2, 0.25) is 5.91 Å². The molecule has 2 rings (SSSR count). The molecule has 1 atom stereocenters. The van der Waals surface area contributed by atoms with Crippen LogP contribution in [0.5, 0.6) is 0 Å². The van der Waals surface area contributed by atoms with Crippen molar-refractivity contribution in [1.82, 2.24) is 9.80 Å². The van der Waals surface area contributed by atoms with Gasteiger partial charge in [0, 0.05) is 31.6 Å². The minimum Gasteiger partial charge on any atom is -0.340 e. The lowest BCUT2D eigenvalue weighted by Gasteiger charge is -2.38. The molecule has 2 heterocycles. The number of rotatable bonds is 1. The van der Waals surface area contributed by atoms with E-state index in [-0.39, 0.29) is 5.92 Å². The fourth-order valence-electron chi connectivity index (χ4n) is 2.56. The predicted octanol–water partition coefficient (Wildman–Crippen LogP) is 1.98. The van der Waals surface area contributed by atoms with Gasteiger partial charge < -0.3 is 4.90 Å². The summed E-state index contributed by atoms with van der Waals surface area (Å²) < 4.78 is 0. The van der Waals surface area contributed by atoms with E-state index in [9.17, 15) is 4.79 Å². The lowest BCUT2D eigenvalue weighted by atomic mass is 10.1. The number of fused-ring (bicyclic) bond motifs is 1. The second-order valence-electron chi connectivity index (χ2n) is 4.77. The van der Waals surface area contributed by atoms with Crippen molar-refractivity contribution in [2.75, 3.05) is 26.2 Å². The quantitative estimate of drug-likeness (QED) is 0.682. The van der Waals surface area contributed by atoms with E-state index in [1.165, 1.54) is 19.4 Å². The Morgan fingerprint density at radius 2 is 1.88 bits per heavy atom. The molecule has 2 fully saturated rings. The Bertz CT molecular complexity index is 228. The maximum absolute atomic E-state index is 11.8. The second kappa shape index (κ2) is 6.24. The van der Waals surface area contributed by atoms with Crippen molar-refractivity contribution in [2.24, 2.45) is 5.92 Å². The lowest BCUT2D eigenvalue weighted by molar-refractivity contribution is -0.137. The zero-order valence-corrected chi connectivity index (χ0v) is 11.2. The molecule has 0 bridgehead atoms. The largest absolute Gasteiger partial charge is 0.340 e. The van der Waals surface area contributed by atoms with E-state index >= 15 is 0 Å². The van der Waals surface area contributed by atoms with Crippen LogP contribution in [-0.4, -0.2) is 47.9 Å². The van der Waals surface area contributed by atoms with Gasteiger partial charge in [-0.1, -0.05) is 27.7 Å². The molecule has 2 saturated heterocycles. The van der Waals surface area contributed by atoms with Gasteiger partial charge in [-0.3, -0.25) is 9.69 Å². The number of hydrogen-bond donors (Lipinski definition) is 0. The summed E-state index contributed by atoms with van der Waals surface area (Å²) in [5.74, 6) is 0.486. The van der Waals surface area contributed by atoms with E-state index in [0.717, 1.165) is 19.6 Å². The highest BCUT2D eigenvalue weighted by Gasteiger charge is 2.32. The van der Waals surface area contributed by atoms with Gasteiger partial charge in [-0.25, -0.2) is 0 Å². The monoisotopic (exact) mass is 226 g/mol. The number of nitrogens with zero attached hydrogens (tertiary/aromatic N) is 2. The van der Waals surface area contributed by atoms with Crippen LogP contribution in [0.2, 0.25) is 0 Å². The first-order valence-electron chi connectivity index (χ1n) is 6.71. The van der Waals surface area contributed by atoms with E-state index in [4.69, 9.17) is 0 Å². The summed E-state index contributed by atoms with van der Waals surface area (Å²) in [6, 6.07) is 0.659. The van der Waals surface area contributed by atoms with Gasteiger partial charge in [-0.2, -0.15) is 0 Å². The van der Waals surface area contributed by atoms with Gasteiger partial charge in [0.25, 0.3) is 0 Å². The Kier molecular flexibility index (Phi) is 5.26. The number of carbonyl (C=O) groups is 1. The fraction of sp³-hybridized carbons (Fsp3) is 0.923. The first-order valence-corrected chi connectivity index (χ1v) is 6.71. The van der Waals surface area contributed by atoms with Gasteiger partial charge in [-0.05, 0) is 19.4 Å². The summed E-state index contributed by atoms with van der Waals surface area (Å²) in [7, 11) is 0. The molecule has 0 N–H and O–H groups in total. The standard InChI is InChI=1S/C11H20N2O.C2H6/c1-9(2)11(14)13-7-6-12-5-3-4-10(12)8-13;1-2/h9-10H,3-8H2,1-2H3;1-2H3. The van der Waals surface area contributed by atoms with Crippen LogP contribution < -0.4 is 0 Å². The minimum absolute atomic E-state index is 0.156. The highest BCUT2D eigenvalue weighted by molar-refractivity contribution is 5.78. The molecule has 0 spiro atoms. The van der Waals surface area contributed by atoms with Crippen LogP contribution in [0.3, 0.4) is 0 Å². The van der Waals surface area contributed by atoms with Crippen LogP contribution >= 0.6 is 0 Å². The van der Waals surface area contributed by atoms with Crippen molar-refractivity contribution in [2.45, 2.75) is 46.6 Å². The summed E-state index contributed by atoms with van der Waals surface area (Å²) in [5, 5.41) is 0. The molecule has 3 heteroatoms. The molecule has 2 aliphatic rings. The summed E-state index contributed by atoms with van der Waals surface area (Å²) >= 11 is 0. The summed E-state index contributed by atoms with van der Waals surface area (Å²) in [4.78, 5) is 16.4. The van der Waals surface area contributed by atoms with Crippen LogP contribution in [0.15, 0.2) is 0 Å². The number of hydrogen-bond acceptors (Lipinski definition) is 2. The Labute approximate surface area is 99.8 Å². The van der Waals surface area contributed by atoms with Crippen LogP contribution in [0.25, 0.3) is 0 Å². The molecule has 16 heavy (non-hydrogen) atoms. The third-order valence-electron chi connectivity index (χ3n) is 3.39. The molecule has 1 unspecified atom stereocenters. The van der Waals surface area contributed by atoms with Gasteiger partial charge in [0.1, 0.15) is 0 Å². The van der Waals surface area contributed by atoms with Crippen molar-refractivity contribution < 1.29 is 4.79 Å². The first kappa shape index (κ1) is 13.5. The van der Waals surface area contributed by atoms with Crippen LogP contribution in [0.1, 0.15) is 40.5 Å². The lowest BCUT2D eigenvalue weighted by Crippen LogP contribution is -2.52. The van der Waals surface area contributed by atoms with Crippen LogP contribution in [-0.2, 0) is 4.79 Å².